The summed E-state index contributed by atoms with van der Waals surface area (Å²) in [7, 11) is 1.63. The van der Waals surface area contributed by atoms with E-state index in [1.54, 1.807) is 13.2 Å². The molecule has 1 unspecified atom stereocenters. The molecule has 1 aliphatic rings. The van der Waals surface area contributed by atoms with Crippen LogP contribution in [0.5, 0.6) is 11.5 Å². The fourth-order valence-electron chi connectivity index (χ4n) is 2.16. The van der Waals surface area contributed by atoms with Gasteiger partial charge in [-0.1, -0.05) is 12.1 Å². The van der Waals surface area contributed by atoms with Gasteiger partial charge in [0.05, 0.1) is 18.8 Å². The highest BCUT2D eigenvalue weighted by molar-refractivity contribution is 5.59. The maximum absolute atomic E-state index is 13.2. The second-order valence-corrected chi connectivity index (χ2v) is 4.42. The number of ether oxygens (including phenoxy) is 2. The third kappa shape index (κ3) is 2.34. The highest BCUT2D eigenvalue weighted by Crippen LogP contribution is 2.34. The van der Waals surface area contributed by atoms with Crippen molar-refractivity contribution >= 4 is 5.69 Å². The van der Waals surface area contributed by atoms with Gasteiger partial charge in [-0.25, -0.2) is 4.39 Å². The van der Waals surface area contributed by atoms with Gasteiger partial charge in [0.25, 0.3) is 0 Å². The van der Waals surface area contributed by atoms with Crippen molar-refractivity contribution in [2.75, 3.05) is 19.0 Å². The molecule has 0 aromatic heterocycles. The summed E-state index contributed by atoms with van der Waals surface area (Å²) in [6.07, 6.45) is 0. The van der Waals surface area contributed by atoms with Crippen LogP contribution in [0.3, 0.4) is 0 Å². The standard InChI is InChI=1S/C15H14FNO2/c1-18-12-5-2-10(3-6-12)14-9-19-15-7-4-11(16)8-13(15)17-14/h2-8,14,17H,9H2,1H3. The Morgan fingerprint density at radius 1 is 1.21 bits per heavy atom. The molecule has 0 saturated heterocycles. The largest absolute Gasteiger partial charge is 0.497 e. The van der Waals surface area contributed by atoms with Crippen LogP contribution in [0.4, 0.5) is 10.1 Å². The van der Waals surface area contributed by atoms with Gasteiger partial charge in [-0.2, -0.15) is 0 Å². The maximum atomic E-state index is 13.2. The minimum atomic E-state index is -0.273. The molecule has 0 bridgehead atoms. The Labute approximate surface area is 111 Å². The summed E-state index contributed by atoms with van der Waals surface area (Å²) in [5.74, 6) is 1.23. The molecule has 1 atom stereocenters. The first kappa shape index (κ1) is 11.8. The van der Waals surface area contributed by atoms with E-state index in [0.717, 1.165) is 11.3 Å². The minimum Gasteiger partial charge on any atom is -0.497 e. The third-order valence-electron chi connectivity index (χ3n) is 3.20. The van der Waals surface area contributed by atoms with Gasteiger partial charge in [0.2, 0.25) is 0 Å². The molecule has 4 heteroatoms. The second-order valence-electron chi connectivity index (χ2n) is 4.42. The SMILES string of the molecule is COc1ccc(C2COc3ccc(F)cc3N2)cc1. The smallest absolute Gasteiger partial charge is 0.142 e. The van der Waals surface area contributed by atoms with Gasteiger partial charge in [0, 0.05) is 6.07 Å². The van der Waals surface area contributed by atoms with Crippen LogP contribution in [0.25, 0.3) is 0 Å². The monoisotopic (exact) mass is 259 g/mol. The van der Waals surface area contributed by atoms with Crippen LogP contribution in [-0.2, 0) is 0 Å². The fraction of sp³-hybridized carbons (Fsp3) is 0.200. The van der Waals surface area contributed by atoms with Gasteiger partial charge in [0.1, 0.15) is 23.9 Å². The molecule has 3 nitrogen and oxygen atoms in total. The Morgan fingerprint density at radius 2 is 2.00 bits per heavy atom. The fourth-order valence-corrected chi connectivity index (χ4v) is 2.16. The van der Waals surface area contributed by atoms with E-state index in [1.165, 1.54) is 12.1 Å². The van der Waals surface area contributed by atoms with Crippen molar-refractivity contribution in [3.63, 3.8) is 0 Å². The second kappa shape index (κ2) is 4.80. The molecule has 0 aliphatic carbocycles. The average molecular weight is 259 g/mol. The zero-order chi connectivity index (χ0) is 13.2. The maximum Gasteiger partial charge on any atom is 0.142 e. The highest BCUT2D eigenvalue weighted by Gasteiger charge is 2.20. The van der Waals surface area contributed by atoms with Crippen molar-refractivity contribution in [3.8, 4) is 11.5 Å². The van der Waals surface area contributed by atoms with Crippen LogP contribution in [0.15, 0.2) is 42.5 Å². The summed E-state index contributed by atoms with van der Waals surface area (Å²) in [6.45, 7) is 0.519. The Bertz CT molecular complexity index is 583. The normalized spacial score (nSPS) is 17.1. The summed E-state index contributed by atoms with van der Waals surface area (Å²) in [5, 5.41) is 3.29. The zero-order valence-electron chi connectivity index (χ0n) is 10.5. The Balaban J connectivity index is 1.84. The molecule has 0 amide bonds. The van der Waals surface area contributed by atoms with Gasteiger partial charge >= 0.3 is 0 Å². The van der Waals surface area contributed by atoms with Crippen molar-refractivity contribution in [3.05, 3.63) is 53.8 Å². The zero-order valence-corrected chi connectivity index (χ0v) is 10.5. The van der Waals surface area contributed by atoms with E-state index in [-0.39, 0.29) is 11.9 Å². The number of nitrogens with one attached hydrogen (secondary N) is 1. The van der Waals surface area contributed by atoms with Crippen LogP contribution in [0, 0.1) is 5.82 Å². The molecule has 98 valence electrons. The first-order valence-electron chi connectivity index (χ1n) is 6.09. The lowest BCUT2D eigenvalue weighted by Crippen LogP contribution is -2.23. The average Bonchev–Trinajstić information content (AvgIpc) is 2.46. The van der Waals surface area contributed by atoms with Crippen molar-refractivity contribution < 1.29 is 13.9 Å². The molecule has 0 saturated carbocycles. The number of fused-ring (bicyclic) bond motifs is 1. The van der Waals surface area contributed by atoms with Gasteiger partial charge < -0.3 is 14.8 Å². The molecular formula is C15H14FNO2. The molecule has 0 fully saturated rings. The van der Waals surface area contributed by atoms with Crippen molar-refractivity contribution in [1.82, 2.24) is 0 Å². The molecule has 19 heavy (non-hydrogen) atoms. The quantitative estimate of drug-likeness (QED) is 0.896. The molecule has 0 radical (unpaired) electrons. The van der Waals surface area contributed by atoms with Crippen LogP contribution in [-0.4, -0.2) is 13.7 Å². The summed E-state index contributed by atoms with van der Waals surface area (Å²) in [4.78, 5) is 0. The van der Waals surface area contributed by atoms with Crippen molar-refractivity contribution in [2.24, 2.45) is 0 Å². The summed E-state index contributed by atoms with van der Waals surface area (Å²) in [5.41, 5.74) is 1.77. The lowest BCUT2D eigenvalue weighted by molar-refractivity contribution is 0.286. The molecule has 3 rings (SSSR count). The van der Waals surface area contributed by atoms with E-state index >= 15 is 0 Å². The molecular weight excluding hydrogens is 245 g/mol. The van der Waals surface area contributed by atoms with E-state index in [2.05, 4.69) is 5.32 Å². The summed E-state index contributed by atoms with van der Waals surface area (Å²) in [6, 6.07) is 12.3. The number of methoxy groups -OCH3 is 1. The van der Waals surface area contributed by atoms with Crippen LogP contribution >= 0.6 is 0 Å². The van der Waals surface area contributed by atoms with E-state index in [0.29, 0.717) is 18.0 Å². The summed E-state index contributed by atoms with van der Waals surface area (Å²) >= 11 is 0. The van der Waals surface area contributed by atoms with Gasteiger partial charge in [-0.15, -0.1) is 0 Å². The van der Waals surface area contributed by atoms with Crippen LogP contribution in [0.1, 0.15) is 11.6 Å². The number of benzene rings is 2. The Hall–Kier alpha value is -2.23. The number of rotatable bonds is 2. The predicted molar refractivity (Wildman–Crippen MR) is 71.3 cm³/mol. The molecule has 2 aromatic carbocycles. The topological polar surface area (TPSA) is 30.5 Å². The van der Waals surface area contributed by atoms with Gasteiger partial charge in [-0.05, 0) is 29.8 Å². The number of hydrogen-bond acceptors (Lipinski definition) is 3. The van der Waals surface area contributed by atoms with E-state index in [9.17, 15) is 4.39 Å². The first-order chi connectivity index (χ1) is 9.26. The first-order valence-corrected chi connectivity index (χ1v) is 6.09. The van der Waals surface area contributed by atoms with E-state index in [4.69, 9.17) is 9.47 Å². The van der Waals surface area contributed by atoms with Crippen molar-refractivity contribution in [2.45, 2.75) is 6.04 Å². The molecule has 1 heterocycles. The Morgan fingerprint density at radius 3 is 2.74 bits per heavy atom. The lowest BCUT2D eigenvalue weighted by atomic mass is 10.1. The highest BCUT2D eigenvalue weighted by atomic mass is 19.1. The van der Waals surface area contributed by atoms with Gasteiger partial charge in [-0.3, -0.25) is 0 Å². The molecule has 1 N–H and O–H groups in total. The number of anilines is 1. The predicted octanol–water partition coefficient (Wildman–Crippen LogP) is 3.38. The molecule has 0 spiro atoms. The number of hydrogen-bond donors (Lipinski definition) is 1. The van der Waals surface area contributed by atoms with Crippen molar-refractivity contribution in [1.29, 1.82) is 0 Å². The summed E-state index contributed by atoms with van der Waals surface area (Å²) < 4.78 is 24.0. The number of halogens is 1. The lowest BCUT2D eigenvalue weighted by Gasteiger charge is -2.27. The van der Waals surface area contributed by atoms with E-state index < -0.39 is 0 Å². The minimum absolute atomic E-state index is 0.0141. The van der Waals surface area contributed by atoms with E-state index in [1.807, 2.05) is 24.3 Å². The Kier molecular flexibility index (Phi) is 2.99. The van der Waals surface area contributed by atoms with Crippen LogP contribution < -0.4 is 14.8 Å². The molecule has 1 aliphatic heterocycles. The van der Waals surface area contributed by atoms with Crippen LogP contribution in [0.2, 0.25) is 0 Å². The molecule has 2 aromatic rings. The van der Waals surface area contributed by atoms with Gasteiger partial charge in [0.15, 0.2) is 0 Å². The third-order valence-corrected chi connectivity index (χ3v) is 3.20.